The van der Waals surface area contributed by atoms with Crippen molar-refractivity contribution in [2.24, 2.45) is 0 Å². The lowest BCUT2D eigenvalue weighted by Gasteiger charge is -2.32. The van der Waals surface area contributed by atoms with Crippen LogP contribution in [0.3, 0.4) is 0 Å². The minimum Gasteiger partial charge on any atom is -0.341 e. The van der Waals surface area contributed by atoms with E-state index in [0.717, 1.165) is 6.07 Å². The van der Waals surface area contributed by atoms with Crippen LogP contribution in [0.15, 0.2) is 35.5 Å². The van der Waals surface area contributed by atoms with E-state index in [1.165, 1.54) is 6.07 Å². The van der Waals surface area contributed by atoms with E-state index < -0.39 is 14.9 Å². The van der Waals surface area contributed by atoms with E-state index in [0.29, 0.717) is 43.0 Å². The number of non-ortho nitro benzene ring substituents is 1. The summed E-state index contributed by atoms with van der Waals surface area (Å²) in [4.78, 5) is 20.9. The summed E-state index contributed by atoms with van der Waals surface area (Å²) in [7, 11) is -3.86. The molecule has 1 aliphatic heterocycles. The average Bonchev–Trinajstić information content (AvgIpc) is 2.64. The fraction of sp³-hybridized carbons (Fsp3) is 0.412. The number of hydrogen-bond acceptors (Lipinski definition) is 7. The molecule has 0 amide bonds. The molecule has 0 spiro atoms. The summed E-state index contributed by atoms with van der Waals surface area (Å²) in [5.74, 6) is 0.629. The number of benzene rings is 1. The fourth-order valence-electron chi connectivity index (χ4n) is 3.13. The van der Waals surface area contributed by atoms with Crippen molar-refractivity contribution in [3.63, 3.8) is 0 Å². The average molecular weight is 391 g/mol. The monoisotopic (exact) mass is 391 g/mol. The van der Waals surface area contributed by atoms with Gasteiger partial charge in [0.2, 0.25) is 16.0 Å². The lowest BCUT2D eigenvalue weighted by molar-refractivity contribution is -0.385. The van der Waals surface area contributed by atoms with E-state index in [1.54, 1.807) is 32.3 Å². The number of hydrogen-bond donors (Lipinski definition) is 1. The van der Waals surface area contributed by atoms with Gasteiger partial charge in [0.15, 0.2) is 0 Å². The van der Waals surface area contributed by atoms with Crippen LogP contribution >= 0.6 is 0 Å². The number of nitrogens with one attached hydrogen (secondary N) is 1. The van der Waals surface area contributed by atoms with Crippen LogP contribution in [0.2, 0.25) is 0 Å². The molecule has 0 atom stereocenters. The summed E-state index contributed by atoms with van der Waals surface area (Å²) >= 11 is 0. The number of sulfonamides is 1. The molecule has 1 aliphatic rings. The lowest BCUT2D eigenvalue weighted by Crippen LogP contribution is -2.45. The number of anilines is 1. The number of piperidine rings is 1. The zero-order valence-electron chi connectivity index (χ0n) is 15.1. The second-order valence-electron chi connectivity index (χ2n) is 6.57. The maximum Gasteiger partial charge on any atom is 0.271 e. The van der Waals surface area contributed by atoms with Gasteiger partial charge in [-0.05, 0) is 43.9 Å². The minimum absolute atomic E-state index is 0.0389. The van der Waals surface area contributed by atoms with Crippen LogP contribution in [-0.4, -0.2) is 42.4 Å². The Morgan fingerprint density at radius 3 is 2.41 bits per heavy atom. The molecule has 144 valence electrons. The van der Waals surface area contributed by atoms with E-state index in [4.69, 9.17) is 0 Å². The molecule has 0 saturated carbocycles. The van der Waals surface area contributed by atoms with E-state index in [2.05, 4.69) is 14.7 Å². The number of aromatic nitrogens is 2. The van der Waals surface area contributed by atoms with E-state index in [1.807, 2.05) is 4.90 Å². The number of aryl methyl sites for hydroxylation is 1. The summed E-state index contributed by atoms with van der Waals surface area (Å²) in [5.41, 5.74) is 0.860. The largest absolute Gasteiger partial charge is 0.341 e. The highest BCUT2D eigenvalue weighted by atomic mass is 32.2. The van der Waals surface area contributed by atoms with Crippen LogP contribution < -0.4 is 9.62 Å². The zero-order valence-corrected chi connectivity index (χ0v) is 15.9. The summed E-state index contributed by atoms with van der Waals surface area (Å²) < 4.78 is 28.4. The lowest BCUT2D eigenvalue weighted by atomic mass is 10.1. The number of nitro benzene ring substituents is 1. The maximum atomic E-state index is 12.8. The van der Waals surface area contributed by atoms with Gasteiger partial charge in [-0.2, -0.15) is 0 Å². The molecule has 10 heteroatoms. The van der Waals surface area contributed by atoms with Crippen molar-refractivity contribution < 1.29 is 13.3 Å². The molecule has 1 saturated heterocycles. The first-order chi connectivity index (χ1) is 12.8. The molecule has 1 N–H and O–H groups in total. The van der Waals surface area contributed by atoms with Gasteiger partial charge in [-0.25, -0.2) is 23.1 Å². The van der Waals surface area contributed by atoms with Gasteiger partial charge in [-0.1, -0.05) is 0 Å². The van der Waals surface area contributed by atoms with E-state index in [-0.39, 0.29) is 16.6 Å². The highest BCUT2D eigenvalue weighted by Crippen LogP contribution is 2.26. The van der Waals surface area contributed by atoms with Crippen LogP contribution in [0.25, 0.3) is 0 Å². The Balaban J connectivity index is 1.74. The van der Waals surface area contributed by atoms with Crippen LogP contribution in [-0.2, 0) is 10.0 Å². The summed E-state index contributed by atoms with van der Waals surface area (Å²) in [6.45, 7) is 4.58. The molecule has 0 unspecified atom stereocenters. The topological polar surface area (TPSA) is 118 Å². The summed E-state index contributed by atoms with van der Waals surface area (Å²) in [6.07, 6.45) is 4.55. The first-order valence-electron chi connectivity index (χ1n) is 8.58. The third-order valence-electron chi connectivity index (χ3n) is 4.76. The van der Waals surface area contributed by atoms with Crippen molar-refractivity contribution in [3.8, 4) is 0 Å². The second-order valence-corrected chi connectivity index (χ2v) is 8.26. The minimum atomic E-state index is -3.86. The van der Waals surface area contributed by atoms with Gasteiger partial charge in [-0.3, -0.25) is 10.1 Å². The first-order valence-corrected chi connectivity index (χ1v) is 10.1. The molecular weight excluding hydrogens is 370 g/mol. The SMILES string of the molecule is Cc1cc([N+](=O)[O-])cc(S(=O)(=O)NC2CCN(c3ncccn3)CC2)c1C. The van der Waals surface area contributed by atoms with Crippen LogP contribution in [0, 0.1) is 24.0 Å². The molecule has 0 aliphatic carbocycles. The normalized spacial score (nSPS) is 15.7. The van der Waals surface area contributed by atoms with Crippen molar-refractivity contribution in [1.29, 1.82) is 0 Å². The van der Waals surface area contributed by atoms with Crippen molar-refractivity contribution in [1.82, 2.24) is 14.7 Å². The van der Waals surface area contributed by atoms with Crippen molar-refractivity contribution in [2.45, 2.75) is 37.6 Å². The highest BCUT2D eigenvalue weighted by molar-refractivity contribution is 7.89. The predicted octanol–water partition coefficient (Wildman–Crippen LogP) is 1.95. The highest BCUT2D eigenvalue weighted by Gasteiger charge is 2.28. The molecule has 2 aromatic rings. The van der Waals surface area contributed by atoms with E-state index >= 15 is 0 Å². The van der Waals surface area contributed by atoms with Crippen molar-refractivity contribution in [3.05, 3.63) is 51.8 Å². The Morgan fingerprint density at radius 1 is 1.19 bits per heavy atom. The second kappa shape index (κ2) is 7.57. The third kappa shape index (κ3) is 4.22. The van der Waals surface area contributed by atoms with Gasteiger partial charge >= 0.3 is 0 Å². The Morgan fingerprint density at radius 2 is 1.81 bits per heavy atom. The first kappa shape index (κ1) is 19.2. The predicted molar refractivity (Wildman–Crippen MR) is 100 cm³/mol. The molecule has 2 heterocycles. The van der Waals surface area contributed by atoms with Gasteiger partial charge in [-0.15, -0.1) is 0 Å². The Hall–Kier alpha value is -2.59. The standard InChI is InChI=1S/C17H21N5O4S/c1-12-10-15(22(23)24)11-16(13(12)2)27(25,26)20-14-4-8-21(9-5-14)17-18-6-3-7-19-17/h3,6-7,10-11,14,20H,4-5,8-9H2,1-2H3. The van der Waals surface area contributed by atoms with Gasteiger partial charge in [0.25, 0.3) is 5.69 Å². The van der Waals surface area contributed by atoms with Crippen molar-refractivity contribution in [2.75, 3.05) is 18.0 Å². The van der Waals surface area contributed by atoms with Gasteiger partial charge < -0.3 is 4.90 Å². The molecule has 1 aromatic heterocycles. The van der Waals surface area contributed by atoms with E-state index in [9.17, 15) is 18.5 Å². The molecule has 27 heavy (non-hydrogen) atoms. The number of rotatable bonds is 5. The molecule has 0 bridgehead atoms. The van der Waals surface area contributed by atoms with Crippen LogP contribution in [0.4, 0.5) is 11.6 Å². The number of nitrogens with zero attached hydrogens (tertiary/aromatic N) is 4. The van der Waals surface area contributed by atoms with Crippen molar-refractivity contribution >= 4 is 21.7 Å². The Kier molecular flexibility index (Phi) is 5.38. The molecule has 9 nitrogen and oxygen atoms in total. The molecule has 1 fully saturated rings. The summed E-state index contributed by atoms with van der Waals surface area (Å²) in [6, 6.07) is 4.01. The smallest absolute Gasteiger partial charge is 0.271 e. The Bertz CT molecular complexity index is 941. The molecule has 1 aromatic carbocycles. The van der Waals surface area contributed by atoms with Gasteiger partial charge in [0, 0.05) is 43.7 Å². The molecular formula is C17H21N5O4S. The molecule has 0 radical (unpaired) electrons. The van der Waals surface area contributed by atoms with Crippen LogP contribution in [0.1, 0.15) is 24.0 Å². The van der Waals surface area contributed by atoms with Gasteiger partial charge in [0.1, 0.15) is 0 Å². The van der Waals surface area contributed by atoms with Gasteiger partial charge in [0.05, 0.1) is 9.82 Å². The molecule has 3 rings (SSSR count). The zero-order chi connectivity index (χ0) is 19.6. The fourth-order valence-corrected chi connectivity index (χ4v) is 4.77. The Labute approximate surface area is 157 Å². The van der Waals surface area contributed by atoms with Crippen LogP contribution in [0.5, 0.6) is 0 Å². The quantitative estimate of drug-likeness (QED) is 0.611. The third-order valence-corrected chi connectivity index (χ3v) is 6.40. The maximum absolute atomic E-state index is 12.8. The number of nitro groups is 1. The summed E-state index contributed by atoms with van der Waals surface area (Å²) in [5, 5.41) is 11.1.